The fourth-order valence-corrected chi connectivity index (χ4v) is 4.75. The molecule has 0 spiro atoms. The number of amides is 1. The molecule has 7 nitrogen and oxygen atoms in total. The Hall–Kier alpha value is -2.15. The number of hydrogen-bond acceptors (Lipinski definition) is 4. The normalized spacial score (nSPS) is 22.7. The summed E-state index contributed by atoms with van der Waals surface area (Å²) in [5.74, 6) is 0.216. The second kappa shape index (κ2) is 6.54. The highest BCUT2D eigenvalue weighted by Gasteiger charge is 2.47. The monoisotopic (exact) mass is 356 g/mol. The van der Waals surface area contributed by atoms with Crippen LogP contribution in [0.25, 0.3) is 0 Å². The van der Waals surface area contributed by atoms with Gasteiger partial charge >= 0.3 is 0 Å². The SMILES string of the molecule is Cc1nn(C)c(C)c1C1CCCN1C(=O)C1(n2cccn2)CCNCC1. The maximum Gasteiger partial charge on any atom is 0.251 e. The number of nitrogens with zero attached hydrogens (tertiary/aromatic N) is 5. The number of hydrogen-bond donors (Lipinski definition) is 1. The Bertz CT molecular complexity index is 787. The van der Waals surface area contributed by atoms with Gasteiger partial charge in [-0.25, -0.2) is 0 Å². The summed E-state index contributed by atoms with van der Waals surface area (Å²) in [6, 6.07) is 2.03. The van der Waals surface area contributed by atoms with Crippen molar-refractivity contribution < 1.29 is 4.79 Å². The molecule has 1 N–H and O–H groups in total. The number of piperidine rings is 1. The van der Waals surface area contributed by atoms with E-state index in [4.69, 9.17) is 0 Å². The second-order valence-corrected chi connectivity index (χ2v) is 7.60. The lowest BCUT2D eigenvalue weighted by atomic mass is 9.86. The molecule has 1 atom stereocenters. The van der Waals surface area contributed by atoms with E-state index in [0.29, 0.717) is 0 Å². The van der Waals surface area contributed by atoms with Crippen molar-refractivity contribution in [3.63, 3.8) is 0 Å². The van der Waals surface area contributed by atoms with Crippen molar-refractivity contribution in [1.82, 2.24) is 29.8 Å². The third-order valence-corrected chi connectivity index (χ3v) is 6.18. The van der Waals surface area contributed by atoms with Crippen LogP contribution < -0.4 is 5.32 Å². The molecule has 0 radical (unpaired) electrons. The van der Waals surface area contributed by atoms with Gasteiger partial charge in [-0.2, -0.15) is 10.2 Å². The molecule has 2 fully saturated rings. The first-order valence-corrected chi connectivity index (χ1v) is 9.56. The van der Waals surface area contributed by atoms with E-state index < -0.39 is 5.54 Å². The largest absolute Gasteiger partial charge is 0.333 e. The fourth-order valence-electron chi connectivity index (χ4n) is 4.75. The summed E-state index contributed by atoms with van der Waals surface area (Å²) >= 11 is 0. The molecule has 0 saturated carbocycles. The number of carbonyl (C=O) groups is 1. The molecule has 4 rings (SSSR count). The fraction of sp³-hybridized carbons (Fsp3) is 0.632. The average Bonchev–Trinajstić information content (AvgIpc) is 3.37. The van der Waals surface area contributed by atoms with Crippen LogP contribution in [-0.2, 0) is 17.4 Å². The van der Waals surface area contributed by atoms with Gasteiger partial charge in [0.05, 0.1) is 11.7 Å². The van der Waals surface area contributed by atoms with Crippen LogP contribution in [0.3, 0.4) is 0 Å². The summed E-state index contributed by atoms with van der Waals surface area (Å²) in [5, 5.41) is 12.4. The third-order valence-electron chi connectivity index (χ3n) is 6.18. The van der Waals surface area contributed by atoms with E-state index in [0.717, 1.165) is 56.7 Å². The van der Waals surface area contributed by atoms with Gasteiger partial charge in [-0.3, -0.25) is 14.2 Å². The highest BCUT2D eigenvalue weighted by molar-refractivity contribution is 5.85. The van der Waals surface area contributed by atoms with Crippen molar-refractivity contribution in [3.05, 3.63) is 35.4 Å². The van der Waals surface area contributed by atoms with Gasteiger partial charge < -0.3 is 10.2 Å². The Balaban J connectivity index is 1.71. The number of nitrogens with one attached hydrogen (secondary N) is 1. The molecule has 7 heteroatoms. The molecular formula is C19H28N6O. The van der Waals surface area contributed by atoms with E-state index >= 15 is 0 Å². The Kier molecular flexibility index (Phi) is 4.34. The van der Waals surface area contributed by atoms with Crippen molar-refractivity contribution in [2.24, 2.45) is 7.05 Å². The third kappa shape index (κ3) is 2.57. The Morgan fingerprint density at radius 2 is 2.08 bits per heavy atom. The minimum Gasteiger partial charge on any atom is -0.333 e. The molecule has 1 unspecified atom stereocenters. The van der Waals surface area contributed by atoms with Gasteiger partial charge in [-0.15, -0.1) is 0 Å². The van der Waals surface area contributed by atoms with E-state index in [1.54, 1.807) is 6.20 Å². The van der Waals surface area contributed by atoms with Gasteiger partial charge in [0.1, 0.15) is 5.54 Å². The average molecular weight is 356 g/mol. The molecule has 26 heavy (non-hydrogen) atoms. The minimum atomic E-state index is -0.568. The molecular weight excluding hydrogens is 328 g/mol. The highest BCUT2D eigenvalue weighted by Crippen LogP contribution is 2.40. The zero-order chi connectivity index (χ0) is 18.3. The van der Waals surface area contributed by atoms with Crippen molar-refractivity contribution in [1.29, 1.82) is 0 Å². The van der Waals surface area contributed by atoms with Gasteiger partial charge in [0.15, 0.2) is 0 Å². The Morgan fingerprint density at radius 1 is 1.31 bits per heavy atom. The summed E-state index contributed by atoms with van der Waals surface area (Å²) in [4.78, 5) is 15.9. The number of rotatable bonds is 3. The number of likely N-dealkylation sites (tertiary alicyclic amines) is 1. The van der Waals surface area contributed by atoms with E-state index in [1.807, 2.05) is 28.7 Å². The van der Waals surface area contributed by atoms with Crippen molar-refractivity contribution in [2.45, 2.75) is 51.1 Å². The first kappa shape index (κ1) is 17.3. The van der Waals surface area contributed by atoms with Crippen LogP contribution in [0, 0.1) is 13.8 Å². The Morgan fingerprint density at radius 3 is 2.69 bits per heavy atom. The zero-order valence-electron chi connectivity index (χ0n) is 15.9. The van der Waals surface area contributed by atoms with E-state index in [2.05, 4.69) is 34.3 Å². The molecule has 2 aromatic rings. The predicted molar refractivity (Wildman–Crippen MR) is 98.7 cm³/mol. The first-order chi connectivity index (χ1) is 12.5. The molecule has 2 saturated heterocycles. The number of aromatic nitrogens is 4. The van der Waals surface area contributed by atoms with Crippen LogP contribution in [0.1, 0.15) is 48.7 Å². The number of carbonyl (C=O) groups excluding carboxylic acids is 1. The summed E-state index contributed by atoms with van der Waals surface area (Å²) in [6.45, 7) is 6.65. The van der Waals surface area contributed by atoms with Crippen molar-refractivity contribution in [3.8, 4) is 0 Å². The predicted octanol–water partition coefficient (Wildman–Crippen LogP) is 1.68. The highest BCUT2D eigenvalue weighted by atomic mass is 16.2. The second-order valence-electron chi connectivity index (χ2n) is 7.60. The molecule has 2 aliphatic heterocycles. The molecule has 0 aliphatic carbocycles. The molecule has 2 aromatic heterocycles. The lowest BCUT2D eigenvalue weighted by Crippen LogP contribution is -2.55. The van der Waals surface area contributed by atoms with Crippen LogP contribution >= 0.6 is 0 Å². The summed E-state index contributed by atoms with van der Waals surface area (Å²) in [7, 11) is 1.98. The smallest absolute Gasteiger partial charge is 0.251 e. The van der Waals surface area contributed by atoms with Crippen LogP contribution in [0.4, 0.5) is 0 Å². The Labute approximate surface area is 154 Å². The molecule has 1 amide bonds. The summed E-state index contributed by atoms with van der Waals surface area (Å²) in [5.41, 5.74) is 2.85. The van der Waals surface area contributed by atoms with Crippen LogP contribution in [0.5, 0.6) is 0 Å². The summed E-state index contributed by atoms with van der Waals surface area (Å²) in [6.07, 6.45) is 7.32. The lowest BCUT2D eigenvalue weighted by molar-refractivity contribution is -0.144. The molecule has 2 aliphatic rings. The molecule has 0 aromatic carbocycles. The molecule has 4 heterocycles. The van der Waals surface area contributed by atoms with Gasteiger partial charge in [0, 0.05) is 37.2 Å². The van der Waals surface area contributed by atoms with E-state index in [1.165, 1.54) is 5.56 Å². The van der Waals surface area contributed by atoms with Crippen molar-refractivity contribution in [2.75, 3.05) is 19.6 Å². The van der Waals surface area contributed by atoms with E-state index in [9.17, 15) is 4.79 Å². The zero-order valence-corrected chi connectivity index (χ0v) is 15.9. The maximum absolute atomic E-state index is 13.8. The van der Waals surface area contributed by atoms with Gasteiger partial charge in [0.2, 0.25) is 0 Å². The van der Waals surface area contributed by atoms with Gasteiger partial charge in [-0.1, -0.05) is 0 Å². The maximum atomic E-state index is 13.8. The standard InChI is InChI=1S/C19H28N6O/c1-14-17(15(2)23(3)22-14)16-6-4-12-24(16)18(26)19(7-10-20-11-8-19)25-13-5-9-21-25/h5,9,13,16,20H,4,6-8,10-12H2,1-3H3. The lowest BCUT2D eigenvalue weighted by Gasteiger charge is -2.41. The van der Waals surface area contributed by atoms with Crippen LogP contribution in [-0.4, -0.2) is 50.0 Å². The minimum absolute atomic E-state index is 0.124. The van der Waals surface area contributed by atoms with E-state index in [-0.39, 0.29) is 11.9 Å². The van der Waals surface area contributed by atoms with Crippen molar-refractivity contribution >= 4 is 5.91 Å². The molecule has 140 valence electrons. The topological polar surface area (TPSA) is 68.0 Å². The summed E-state index contributed by atoms with van der Waals surface area (Å²) < 4.78 is 3.83. The van der Waals surface area contributed by atoms with Crippen LogP contribution in [0.2, 0.25) is 0 Å². The quantitative estimate of drug-likeness (QED) is 0.908. The first-order valence-electron chi connectivity index (χ1n) is 9.56. The van der Waals surface area contributed by atoms with Gasteiger partial charge in [0.25, 0.3) is 5.91 Å². The molecule has 0 bridgehead atoms. The number of aryl methyl sites for hydroxylation is 2. The van der Waals surface area contributed by atoms with Gasteiger partial charge in [-0.05, 0) is 58.7 Å². The van der Waals surface area contributed by atoms with Crippen LogP contribution in [0.15, 0.2) is 18.5 Å².